The molecule has 1 aliphatic rings. The van der Waals surface area contributed by atoms with Gasteiger partial charge in [0, 0.05) is 29.8 Å². The van der Waals surface area contributed by atoms with Crippen molar-refractivity contribution in [1.29, 1.82) is 0 Å². The van der Waals surface area contributed by atoms with Crippen molar-refractivity contribution in [3.8, 4) is 0 Å². The molecule has 0 aliphatic carbocycles. The molecule has 0 aromatic heterocycles. The minimum atomic E-state index is -0.341. The van der Waals surface area contributed by atoms with Gasteiger partial charge in [-0.15, -0.1) is 12.4 Å². The molecule has 1 aromatic rings. The van der Waals surface area contributed by atoms with E-state index in [4.69, 9.17) is 22.1 Å². The van der Waals surface area contributed by atoms with E-state index in [1.54, 1.807) is 19.1 Å². The zero-order valence-electron chi connectivity index (χ0n) is 10.3. The maximum absolute atomic E-state index is 14.1. The Balaban J connectivity index is 0.00000162. The van der Waals surface area contributed by atoms with Crippen LogP contribution < -0.4 is 5.73 Å². The van der Waals surface area contributed by atoms with Crippen LogP contribution in [0.25, 0.3) is 0 Å². The van der Waals surface area contributed by atoms with E-state index in [1.807, 2.05) is 0 Å². The fourth-order valence-corrected chi connectivity index (χ4v) is 2.57. The monoisotopic (exact) mass is 293 g/mol. The topological polar surface area (TPSA) is 35.2 Å². The number of hydrogen-bond donors (Lipinski definition) is 1. The number of rotatable bonds is 2. The summed E-state index contributed by atoms with van der Waals surface area (Å²) < 4.78 is 19.4. The van der Waals surface area contributed by atoms with Crippen LogP contribution in [0.1, 0.15) is 30.0 Å². The van der Waals surface area contributed by atoms with E-state index in [9.17, 15) is 4.39 Å². The van der Waals surface area contributed by atoms with Crippen molar-refractivity contribution in [1.82, 2.24) is 0 Å². The highest BCUT2D eigenvalue weighted by molar-refractivity contribution is 6.31. The van der Waals surface area contributed by atoms with Crippen LogP contribution in [0.4, 0.5) is 4.39 Å². The third kappa shape index (κ3) is 3.15. The summed E-state index contributed by atoms with van der Waals surface area (Å²) in [6.45, 7) is 3.12. The molecule has 2 rings (SSSR count). The van der Waals surface area contributed by atoms with Crippen LogP contribution in [0, 0.1) is 18.7 Å². The molecule has 0 saturated carbocycles. The zero-order chi connectivity index (χ0) is 12.4. The van der Waals surface area contributed by atoms with Crippen LogP contribution in [0.5, 0.6) is 0 Å². The van der Waals surface area contributed by atoms with E-state index in [-0.39, 0.29) is 30.2 Å². The Morgan fingerprint density at radius 3 is 2.61 bits per heavy atom. The summed E-state index contributed by atoms with van der Waals surface area (Å²) in [6.07, 6.45) is 1.73. The lowest BCUT2D eigenvalue weighted by atomic mass is 9.87. The first-order chi connectivity index (χ1) is 8.11. The average Bonchev–Trinajstić information content (AvgIpc) is 2.35. The molecular weight excluding hydrogens is 276 g/mol. The number of nitrogens with two attached hydrogens (primary N) is 1. The molecule has 1 heterocycles. The van der Waals surface area contributed by atoms with Gasteiger partial charge in [-0.05, 0) is 37.3 Å². The summed E-state index contributed by atoms with van der Waals surface area (Å²) >= 11 is 6.06. The highest BCUT2D eigenvalue weighted by atomic mass is 35.5. The molecule has 1 aromatic carbocycles. The van der Waals surface area contributed by atoms with E-state index in [0.717, 1.165) is 12.8 Å². The summed E-state index contributed by atoms with van der Waals surface area (Å²) in [5.41, 5.74) is 7.21. The molecular formula is C13H18Cl2FNO. The van der Waals surface area contributed by atoms with Crippen molar-refractivity contribution in [3.63, 3.8) is 0 Å². The second-order valence-corrected chi connectivity index (χ2v) is 4.97. The SMILES string of the molecule is Cc1ccc(Cl)c([C@H](N)C2CCOCC2)c1F.Cl. The van der Waals surface area contributed by atoms with Crippen LogP contribution in [-0.4, -0.2) is 13.2 Å². The molecule has 0 spiro atoms. The average molecular weight is 294 g/mol. The van der Waals surface area contributed by atoms with Crippen LogP contribution in [0.3, 0.4) is 0 Å². The van der Waals surface area contributed by atoms with Gasteiger partial charge in [0.15, 0.2) is 0 Å². The molecule has 0 unspecified atom stereocenters. The van der Waals surface area contributed by atoms with Crippen molar-refractivity contribution < 1.29 is 9.13 Å². The second-order valence-electron chi connectivity index (χ2n) is 4.57. The smallest absolute Gasteiger partial charge is 0.132 e. The van der Waals surface area contributed by atoms with Gasteiger partial charge in [-0.2, -0.15) is 0 Å². The fourth-order valence-electron chi connectivity index (χ4n) is 2.29. The predicted molar refractivity (Wildman–Crippen MR) is 73.9 cm³/mol. The van der Waals surface area contributed by atoms with Gasteiger partial charge in [0.05, 0.1) is 0 Å². The molecule has 0 bridgehead atoms. The molecule has 0 radical (unpaired) electrons. The summed E-state index contributed by atoms with van der Waals surface area (Å²) in [5.74, 6) is -0.0194. The van der Waals surface area contributed by atoms with Gasteiger partial charge in [-0.1, -0.05) is 17.7 Å². The third-order valence-electron chi connectivity index (χ3n) is 3.43. The van der Waals surface area contributed by atoms with Gasteiger partial charge in [0.1, 0.15) is 5.82 Å². The Morgan fingerprint density at radius 2 is 2.00 bits per heavy atom. The summed E-state index contributed by atoms with van der Waals surface area (Å²) in [6, 6.07) is 3.05. The van der Waals surface area contributed by atoms with Gasteiger partial charge in [0.2, 0.25) is 0 Å². The molecule has 102 valence electrons. The normalized spacial score (nSPS) is 18.2. The van der Waals surface area contributed by atoms with Crippen molar-refractivity contribution >= 4 is 24.0 Å². The van der Waals surface area contributed by atoms with E-state index < -0.39 is 0 Å². The standard InChI is InChI=1S/C13H17ClFNO.ClH/c1-8-2-3-10(14)11(12(8)15)13(16)9-4-6-17-7-5-9;/h2-3,9,13H,4-7,16H2,1H3;1H/t13-;/m1./s1. The van der Waals surface area contributed by atoms with Crippen LogP contribution >= 0.6 is 24.0 Å². The highest BCUT2D eigenvalue weighted by Crippen LogP contribution is 2.34. The predicted octanol–water partition coefficient (Wildman–Crippen LogP) is 3.64. The molecule has 2 nitrogen and oxygen atoms in total. The number of halogens is 3. The molecule has 18 heavy (non-hydrogen) atoms. The summed E-state index contributed by atoms with van der Waals surface area (Å²) in [5, 5.41) is 0.423. The quantitative estimate of drug-likeness (QED) is 0.904. The molecule has 1 aliphatic heterocycles. The first kappa shape index (κ1) is 15.7. The van der Waals surface area contributed by atoms with Gasteiger partial charge < -0.3 is 10.5 Å². The van der Waals surface area contributed by atoms with E-state index in [1.165, 1.54) is 0 Å². The fraction of sp³-hybridized carbons (Fsp3) is 0.538. The molecule has 1 saturated heterocycles. The maximum Gasteiger partial charge on any atom is 0.132 e. The lowest BCUT2D eigenvalue weighted by Gasteiger charge is -2.28. The van der Waals surface area contributed by atoms with E-state index in [0.29, 0.717) is 29.4 Å². The Morgan fingerprint density at radius 1 is 1.39 bits per heavy atom. The first-order valence-corrected chi connectivity index (χ1v) is 6.27. The van der Waals surface area contributed by atoms with Crippen molar-refractivity contribution in [2.24, 2.45) is 11.7 Å². The van der Waals surface area contributed by atoms with Crippen LogP contribution in [0.15, 0.2) is 12.1 Å². The van der Waals surface area contributed by atoms with Crippen LogP contribution in [0.2, 0.25) is 5.02 Å². The molecule has 0 amide bonds. The number of benzene rings is 1. The summed E-state index contributed by atoms with van der Waals surface area (Å²) in [4.78, 5) is 0. The highest BCUT2D eigenvalue weighted by Gasteiger charge is 2.26. The Kier molecular flexibility index (Phi) is 5.86. The Hall–Kier alpha value is -0.350. The van der Waals surface area contributed by atoms with Crippen molar-refractivity contribution in [2.75, 3.05) is 13.2 Å². The second kappa shape index (κ2) is 6.71. The molecule has 1 atom stereocenters. The first-order valence-electron chi connectivity index (χ1n) is 5.89. The lowest BCUT2D eigenvalue weighted by Crippen LogP contribution is -2.28. The van der Waals surface area contributed by atoms with Crippen LogP contribution in [-0.2, 0) is 4.74 Å². The summed E-state index contributed by atoms with van der Waals surface area (Å²) in [7, 11) is 0. The molecule has 5 heteroatoms. The maximum atomic E-state index is 14.1. The molecule has 2 N–H and O–H groups in total. The zero-order valence-corrected chi connectivity index (χ0v) is 11.9. The minimum absolute atomic E-state index is 0. The van der Waals surface area contributed by atoms with E-state index >= 15 is 0 Å². The third-order valence-corrected chi connectivity index (χ3v) is 3.76. The molecule has 1 fully saturated rings. The van der Waals surface area contributed by atoms with Gasteiger partial charge in [-0.25, -0.2) is 4.39 Å². The van der Waals surface area contributed by atoms with Gasteiger partial charge in [-0.3, -0.25) is 0 Å². The van der Waals surface area contributed by atoms with Crippen molar-refractivity contribution in [3.05, 3.63) is 34.1 Å². The number of hydrogen-bond acceptors (Lipinski definition) is 2. The van der Waals surface area contributed by atoms with Gasteiger partial charge in [0.25, 0.3) is 0 Å². The number of aryl methyl sites for hydroxylation is 1. The Bertz CT molecular complexity index is 408. The lowest BCUT2D eigenvalue weighted by molar-refractivity contribution is 0.0580. The van der Waals surface area contributed by atoms with Gasteiger partial charge >= 0.3 is 0 Å². The Labute approximate surface area is 118 Å². The van der Waals surface area contributed by atoms with Crippen molar-refractivity contribution in [2.45, 2.75) is 25.8 Å². The largest absolute Gasteiger partial charge is 0.381 e. The number of ether oxygens (including phenoxy) is 1. The minimum Gasteiger partial charge on any atom is -0.381 e. The van der Waals surface area contributed by atoms with E-state index in [2.05, 4.69) is 0 Å².